The molecule has 1 saturated heterocycles. The highest BCUT2D eigenvalue weighted by Crippen LogP contribution is 2.12. The number of nitrogens with one attached hydrogen (secondary N) is 2. The first-order valence-electron chi connectivity index (χ1n) is 7.47. The third-order valence-corrected chi connectivity index (χ3v) is 3.35. The van der Waals surface area contributed by atoms with Gasteiger partial charge in [0.1, 0.15) is 0 Å². The Bertz CT molecular complexity index is 294. The van der Waals surface area contributed by atoms with Crippen LogP contribution in [-0.4, -0.2) is 48.9 Å². The van der Waals surface area contributed by atoms with Crippen molar-refractivity contribution in [3.8, 4) is 0 Å². The van der Waals surface area contributed by atoms with E-state index in [0.29, 0.717) is 19.5 Å². The Labute approximate surface area is 116 Å². The summed E-state index contributed by atoms with van der Waals surface area (Å²) >= 11 is 0. The molecule has 0 bridgehead atoms. The summed E-state index contributed by atoms with van der Waals surface area (Å²) in [4.78, 5) is 25.6. The average molecular weight is 269 g/mol. The first kappa shape index (κ1) is 16.0. The standard InChI is InChI=1S/C14H27N3O2/c1-3-8-15-12-6-5-10-17(14(12)19)11-7-13(18)16-9-4-2/h12,15H,3-11H2,1-2H3,(H,16,18). The van der Waals surface area contributed by atoms with Crippen molar-refractivity contribution < 1.29 is 9.59 Å². The van der Waals surface area contributed by atoms with Crippen LogP contribution in [-0.2, 0) is 9.59 Å². The number of nitrogens with zero attached hydrogens (tertiary/aromatic N) is 1. The van der Waals surface area contributed by atoms with Gasteiger partial charge in [0.15, 0.2) is 0 Å². The van der Waals surface area contributed by atoms with Crippen LogP contribution in [0.1, 0.15) is 46.0 Å². The topological polar surface area (TPSA) is 61.4 Å². The van der Waals surface area contributed by atoms with Gasteiger partial charge in [0.25, 0.3) is 0 Å². The second-order valence-corrected chi connectivity index (χ2v) is 5.07. The first-order valence-corrected chi connectivity index (χ1v) is 7.47. The molecule has 1 aliphatic rings. The highest BCUT2D eigenvalue weighted by Gasteiger charge is 2.27. The molecular weight excluding hydrogens is 242 g/mol. The molecule has 0 spiro atoms. The van der Waals surface area contributed by atoms with Crippen LogP contribution in [0.5, 0.6) is 0 Å². The Balaban J connectivity index is 2.32. The number of carbonyl (C=O) groups excluding carboxylic acids is 2. The number of carbonyl (C=O) groups is 2. The molecule has 1 unspecified atom stereocenters. The van der Waals surface area contributed by atoms with Crippen LogP contribution in [0.4, 0.5) is 0 Å². The van der Waals surface area contributed by atoms with E-state index in [-0.39, 0.29) is 17.9 Å². The van der Waals surface area contributed by atoms with E-state index >= 15 is 0 Å². The third kappa shape index (κ3) is 5.59. The van der Waals surface area contributed by atoms with Crippen molar-refractivity contribution in [3.05, 3.63) is 0 Å². The maximum Gasteiger partial charge on any atom is 0.239 e. The molecule has 1 atom stereocenters. The zero-order valence-corrected chi connectivity index (χ0v) is 12.2. The highest BCUT2D eigenvalue weighted by molar-refractivity contribution is 5.83. The van der Waals surface area contributed by atoms with Gasteiger partial charge in [-0.05, 0) is 32.2 Å². The number of amides is 2. The fourth-order valence-electron chi connectivity index (χ4n) is 2.26. The summed E-state index contributed by atoms with van der Waals surface area (Å²) in [6.07, 6.45) is 4.31. The number of likely N-dealkylation sites (tertiary alicyclic amines) is 1. The minimum absolute atomic E-state index is 0.0401. The maximum absolute atomic E-state index is 12.2. The second-order valence-electron chi connectivity index (χ2n) is 5.07. The van der Waals surface area contributed by atoms with Crippen LogP contribution >= 0.6 is 0 Å². The van der Waals surface area contributed by atoms with Crippen LogP contribution in [0.3, 0.4) is 0 Å². The zero-order valence-electron chi connectivity index (χ0n) is 12.2. The van der Waals surface area contributed by atoms with Gasteiger partial charge in [0, 0.05) is 26.1 Å². The molecule has 5 nitrogen and oxygen atoms in total. The molecule has 2 amide bonds. The van der Waals surface area contributed by atoms with Crippen molar-refractivity contribution in [2.45, 2.75) is 52.0 Å². The van der Waals surface area contributed by atoms with Gasteiger partial charge < -0.3 is 15.5 Å². The molecule has 1 aliphatic heterocycles. The largest absolute Gasteiger partial charge is 0.356 e. The van der Waals surface area contributed by atoms with Gasteiger partial charge >= 0.3 is 0 Å². The van der Waals surface area contributed by atoms with Crippen molar-refractivity contribution in [1.29, 1.82) is 0 Å². The van der Waals surface area contributed by atoms with Crippen molar-refractivity contribution in [2.24, 2.45) is 0 Å². The van der Waals surface area contributed by atoms with Crippen LogP contribution in [0, 0.1) is 0 Å². The number of rotatable bonds is 8. The Morgan fingerprint density at radius 3 is 2.74 bits per heavy atom. The van der Waals surface area contributed by atoms with Crippen molar-refractivity contribution >= 4 is 11.8 Å². The van der Waals surface area contributed by atoms with E-state index < -0.39 is 0 Å². The second kappa shape index (κ2) is 8.91. The van der Waals surface area contributed by atoms with Crippen molar-refractivity contribution in [1.82, 2.24) is 15.5 Å². The molecule has 0 aromatic heterocycles. The molecule has 1 fully saturated rings. The fourth-order valence-corrected chi connectivity index (χ4v) is 2.26. The van der Waals surface area contributed by atoms with E-state index in [0.717, 1.165) is 38.8 Å². The molecule has 0 radical (unpaired) electrons. The average Bonchev–Trinajstić information content (AvgIpc) is 2.42. The van der Waals surface area contributed by atoms with Gasteiger partial charge in [0.05, 0.1) is 6.04 Å². The van der Waals surface area contributed by atoms with Crippen LogP contribution < -0.4 is 10.6 Å². The first-order chi connectivity index (χ1) is 9.19. The number of hydrogen-bond donors (Lipinski definition) is 2. The van der Waals surface area contributed by atoms with E-state index in [1.165, 1.54) is 0 Å². The van der Waals surface area contributed by atoms with Gasteiger partial charge in [-0.2, -0.15) is 0 Å². The summed E-state index contributed by atoms with van der Waals surface area (Å²) in [5.74, 6) is 0.196. The van der Waals surface area contributed by atoms with E-state index in [1.807, 2.05) is 11.8 Å². The van der Waals surface area contributed by atoms with Gasteiger partial charge in [0.2, 0.25) is 11.8 Å². The van der Waals surface area contributed by atoms with Gasteiger partial charge in [-0.25, -0.2) is 0 Å². The lowest BCUT2D eigenvalue weighted by atomic mass is 10.0. The lowest BCUT2D eigenvalue weighted by Gasteiger charge is -2.32. The SMILES string of the molecule is CCCNC(=O)CCN1CCCC(NCCC)C1=O. The quantitative estimate of drug-likeness (QED) is 0.688. The van der Waals surface area contributed by atoms with E-state index in [4.69, 9.17) is 0 Å². The highest BCUT2D eigenvalue weighted by atomic mass is 16.2. The molecule has 1 heterocycles. The van der Waals surface area contributed by atoms with Crippen LogP contribution in [0.25, 0.3) is 0 Å². The number of hydrogen-bond acceptors (Lipinski definition) is 3. The van der Waals surface area contributed by atoms with Gasteiger partial charge in [-0.15, -0.1) is 0 Å². The summed E-state index contributed by atoms with van der Waals surface area (Å²) in [6, 6.07) is -0.0487. The molecule has 19 heavy (non-hydrogen) atoms. The molecule has 1 rings (SSSR count). The smallest absolute Gasteiger partial charge is 0.239 e. The van der Waals surface area contributed by atoms with Crippen molar-refractivity contribution in [3.63, 3.8) is 0 Å². The van der Waals surface area contributed by atoms with E-state index in [2.05, 4.69) is 17.6 Å². The summed E-state index contributed by atoms with van der Waals surface area (Å²) in [7, 11) is 0. The molecule has 110 valence electrons. The molecule has 2 N–H and O–H groups in total. The Kier molecular flexibility index (Phi) is 7.48. The summed E-state index contributed by atoms with van der Waals surface area (Å²) in [5, 5.41) is 6.12. The third-order valence-electron chi connectivity index (χ3n) is 3.35. The summed E-state index contributed by atoms with van der Waals surface area (Å²) in [5.41, 5.74) is 0. The normalized spacial score (nSPS) is 19.6. The minimum Gasteiger partial charge on any atom is -0.356 e. The Hall–Kier alpha value is -1.10. The van der Waals surface area contributed by atoms with E-state index in [1.54, 1.807) is 0 Å². The molecule has 0 saturated carbocycles. The fraction of sp³-hybridized carbons (Fsp3) is 0.857. The monoisotopic (exact) mass is 269 g/mol. The van der Waals surface area contributed by atoms with Crippen LogP contribution in [0.2, 0.25) is 0 Å². The van der Waals surface area contributed by atoms with Gasteiger partial charge in [-0.1, -0.05) is 13.8 Å². The molecule has 5 heteroatoms. The predicted molar refractivity (Wildman–Crippen MR) is 75.8 cm³/mol. The Morgan fingerprint density at radius 1 is 1.32 bits per heavy atom. The maximum atomic E-state index is 12.2. The molecule has 0 aliphatic carbocycles. The molecular formula is C14H27N3O2. The lowest BCUT2D eigenvalue weighted by Crippen LogP contribution is -2.51. The summed E-state index contributed by atoms with van der Waals surface area (Å²) in [6.45, 7) is 7.03. The minimum atomic E-state index is -0.0487. The predicted octanol–water partition coefficient (Wildman–Crippen LogP) is 0.893. The molecule has 0 aromatic rings. The summed E-state index contributed by atoms with van der Waals surface area (Å²) < 4.78 is 0. The van der Waals surface area contributed by atoms with Crippen LogP contribution in [0.15, 0.2) is 0 Å². The lowest BCUT2D eigenvalue weighted by molar-refractivity contribution is -0.136. The zero-order chi connectivity index (χ0) is 14.1. The Morgan fingerprint density at radius 2 is 2.05 bits per heavy atom. The number of piperidine rings is 1. The molecule has 0 aromatic carbocycles. The van der Waals surface area contributed by atoms with E-state index in [9.17, 15) is 9.59 Å². The van der Waals surface area contributed by atoms with Gasteiger partial charge in [-0.3, -0.25) is 9.59 Å². The van der Waals surface area contributed by atoms with Crippen molar-refractivity contribution in [2.75, 3.05) is 26.2 Å².